The van der Waals surface area contributed by atoms with Crippen LogP contribution in [0, 0.1) is 10.1 Å². The second-order valence-corrected chi connectivity index (χ2v) is 4.86. The van der Waals surface area contributed by atoms with Gasteiger partial charge in [-0.3, -0.25) is 10.1 Å². The summed E-state index contributed by atoms with van der Waals surface area (Å²) in [6, 6.07) is 13.4. The summed E-state index contributed by atoms with van der Waals surface area (Å²) >= 11 is 0. The molecule has 2 aromatic rings. The van der Waals surface area contributed by atoms with Gasteiger partial charge in [0.25, 0.3) is 5.69 Å². The molecule has 0 atom stereocenters. The minimum atomic E-state index is -0.628. The number of nitro benzene ring substituents is 1. The summed E-state index contributed by atoms with van der Waals surface area (Å²) in [4.78, 5) is 10.2. The summed E-state index contributed by atoms with van der Waals surface area (Å²) in [7, 11) is 0. The Labute approximate surface area is 133 Å². The molecule has 0 aromatic heterocycles. The van der Waals surface area contributed by atoms with E-state index in [1.807, 2.05) is 24.3 Å². The number of non-ortho nitro benzene ring substituents is 1. The lowest BCUT2D eigenvalue weighted by molar-refractivity contribution is -0.384. The van der Waals surface area contributed by atoms with Crippen molar-refractivity contribution in [2.75, 3.05) is 13.2 Å². The van der Waals surface area contributed by atoms with Crippen molar-refractivity contribution < 1.29 is 19.9 Å². The monoisotopic (exact) mass is 315 g/mol. The Hall–Kier alpha value is -2.70. The predicted molar refractivity (Wildman–Crippen MR) is 87.1 cm³/mol. The fourth-order valence-electron chi connectivity index (χ4n) is 1.88. The van der Waals surface area contributed by atoms with Crippen LogP contribution in [0.3, 0.4) is 0 Å². The number of aliphatic hydroxyl groups excluding tert-OH is 2. The number of aliphatic hydroxyl groups is 2. The number of benzene rings is 2. The quantitative estimate of drug-likeness (QED) is 0.465. The van der Waals surface area contributed by atoms with Crippen LogP contribution in [0.5, 0.6) is 5.75 Å². The molecule has 0 amide bonds. The molecule has 0 aliphatic carbocycles. The van der Waals surface area contributed by atoms with E-state index in [1.54, 1.807) is 24.3 Å². The maximum absolute atomic E-state index is 10.6. The van der Waals surface area contributed by atoms with Gasteiger partial charge in [-0.1, -0.05) is 24.3 Å². The van der Waals surface area contributed by atoms with Crippen molar-refractivity contribution in [3.8, 4) is 5.75 Å². The lowest BCUT2D eigenvalue weighted by Crippen LogP contribution is -2.25. The fraction of sp³-hybridized carbons (Fsp3) is 0.176. The van der Waals surface area contributed by atoms with E-state index < -0.39 is 11.0 Å². The van der Waals surface area contributed by atoms with Crippen molar-refractivity contribution >= 4 is 17.8 Å². The number of ether oxygens (including phenoxy) is 1. The summed E-state index contributed by atoms with van der Waals surface area (Å²) in [6.45, 7) is -0.503. The summed E-state index contributed by atoms with van der Waals surface area (Å²) in [5, 5.41) is 28.5. The molecule has 6 heteroatoms. The van der Waals surface area contributed by atoms with E-state index >= 15 is 0 Å². The topological polar surface area (TPSA) is 92.8 Å². The molecule has 0 aliphatic rings. The molecule has 2 rings (SSSR count). The van der Waals surface area contributed by atoms with Crippen molar-refractivity contribution in [1.29, 1.82) is 0 Å². The molecule has 0 radical (unpaired) electrons. The molecule has 0 bridgehead atoms. The molecule has 6 nitrogen and oxygen atoms in total. The Morgan fingerprint density at radius 2 is 1.43 bits per heavy atom. The van der Waals surface area contributed by atoms with Crippen LogP contribution in [0.25, 0.3) is 12.2 Å². The van der Waals surface area contributed by atoms with Gasteiger partial charge in [-0.2, -0.15) is 0 Å². The summed E-state index contributed by atoms with van der Waals surface area (Å²) in [6.07, 6.45) is 3.10. The van der Waals surface area contributed by atoms with Gasteiger partial charge in [0.15, 0.2) is 0 Å². The fourth-order valence-corrected chi connectivity index (χ4v) is 1.88. The highest BCUT2D eigenvalue weighted by atomic mass is 16.6. The zero-order valence-corrected chi connectivity index (χ0v) is 12.3. The average Bonchev–Trinajstić information content (AvgIpc) is 2.59. The van der Waals surface area contributed by atoms with Crippen molar-refractivity contribution in [1.82, 2.24) is 0 Å². The van der Waals surface area contributed by atoms with Crippen LogP contribution in [0.1, 0.15) is 11.1 Å². The molecular formula is C17H17NO5. The Morgan fingerprint density at radius 3 is 1.87 bits per heavy atom. The summed E-state index contributed by atoms with van der Waals surface area (Å²) in [5.74, 6) is 0.561. The van der Waals surface area contributed by atoms with Crippen LogP contribution < -0.4 is 4.74 Å². The molecule has 0 saturated carbocycles. The molecule has 0 heterocycles. The number of hydrogen-bond acceptors (Lipinski definition) is 5. The molecule has 23 heavy (non-hydrogen) atoms. The van der Waals surface area contributed by atoms with Crippen molar-refractivity contribution in [2.45, 2.75) is 6.10 Å². The zero-order chi connectivity index (χ0) is 16.7. The van der Waals surface area contributed by atoms with E-state index in [4.69, 9.17) is 14.9 Å². The van der Waals surface area contributed by atoms with E-state index in [2.05, 4.69) is 0 Å². The van der Waals surface area contributed by atoms with E-state index in [1.165, 1.54) is 12.1 Å². The first-order valence-electron chi connectivity index (χ1n) is 7.03. The van der Waals surface area contributed by atoms with Crippen molar-refractivity contribution in [3.63, 3.8) is 0 Å². The Morgan fingerprint density at radius 1 is 0.957 bits per heavy atom. The zero-order valence-electron chi connectivity index (χ0n) is 12.3. The SMILES string of the molecule is O=[N+]([O-])c1ccc(/C=C/c2ccc(OC(CO)CO)cc2)cc1. The van der Waals surface area contributed by atoms with Crippen molar-refractivity contribution in [2.24, 2.45) is 0 Å². The third-order valence-corrected chi connectivity index (χ3v) is 3.16. The third kappa shape index (κ3) is 4.91. The van der Waals surface area contributed by atoms with Gasteiger partial charge >= 0.3 is 0 Å². The van der Waals surface area contributed by atoms with Crippen LogP contribution in [0.4, 0.5) is 5.69 Å². The highest BCUT2D eigenvalue weighted by Crippen LogP contribution is 2.17. The van der Waals surface area contributed by atoms with Gasteiger partial charge in [0.2, 0.25) is 0 Å². The minimum absolute atomic E-state index is 0.0611. The third-order valence-electron chi connectivity index (χ3n) is 3.16. The maximum Gasteiger partial charge on any atom is 0.269 e. The highest BCUT2D eigenvalue weighted by Gasteiger charge is 2.06. The largest absolute Gasteiger partial charge is 0.486 e. The first kappa shape index (κ1) is 16.7. The Balaban J connectivity index is 2.01. The molecular weight excluding hydrogens is 298 g/mol. The second kappa shape index (κ2) is 8.07. The normalized spacial score (nSPS) is 11.1. The molecule has 0 saturated heterocycles. The van der Waals surface area contributed by atoms with E-state index in [0.717, 1.165) is 11.1 Å². The molecule has 0 spiro atoms. The number of nitro groups is 1. The van der Waals surface area contributed by atoms with E-state index in [0.29, 0.717) is 5.75 Å². The predicted octanol–water partition coefficient (Wildman–Crippen LogP) is 2.50. The van der Waals surface area contributed by atoms with E-state index in [-0.39, 0.29) is 18.9 Å². The van der Waals surface area contributed by atoms with Crippen molar-refractivity contribution in [3.05, 3.63) is 69.8 Å². The molecule has 0 aliphatic heterocycles. The molecule has 2 N–H and O–H groups in total. The summed E-state index contributed by atoms with van der Waals surface area (Å²) in [5.41, 5.74) is 1.85. The lowest BCUT2D eigenvalue weighted by Gasteiger charge is -2.14. The van der Waals surface area contributed by atoms with Gasteiger partial charge in [0.1, 0.15) is 11.9 Å². The smallest absolute Gasteiger partial charge is 0.269 e. The van der Waals surface area contributed by atoms with Crippen LogP contribution >= 0.6 is 0 Å². The summed E-state index contributed by atoms with van der Waals surface area (Å²) < 4.78 is 5.38. The average molecular weight is 315 g/mol. The highest BCUT2D eigenvalue weighted by molar-refractivity contribution is 5.70. The van der Waals surface area contributed by atoms with Gasteiger partial charge in [-0.05, 0) is 35.4 Å². The number of nitrogens with zero attached hydrogens (tertiary/aromatic N) is 1. The first-order chi connectivity index (χ1) is 11.1. The van der Waals surface area contributed by atoms with Gasteiger partial charge in [-0.15, -0.1) is 0 Å². The second-order valence-electron chi connectivity index (χ2n) is 4.86. The van der Waals surface area contributed by atoms with Gasteiger partial charge in [0, 0.05) is 12.1 Å². The van der Waals surface area contributed by atoms with Crippen LogP contribution in [-0.2, 0) is 0 Å². The molecule has 2 aromatic carbocycles. The van der Waals surface area contributed by atoms with E-state index in [9.17, 15) is 10.1 Å². The van der Waals surface area contributed by atoms with Gasteiger partial charge in [-0.25, -0.2) is 0 Å². The lowest BCUT2D eigenvalue weighted by atomic mass is 10.1. The molecule has 0 fully saturated rings. The standard InChI is InChI=1S/C17H17NO5/c19-11-17(12-20)23-16-9-5-14(6-10-16)2-1-13-3-7-15(8-4-13)18(21)22/h1-10,17,19-20H,11-12H2/b2-1+. The Kier molecular flexibility index (Phi) is 5.85. The maximum atomic E-state index is 10.6. The van der Waals surface area contributed by atoms with Crippen LogP contribution in [-0.4, -0.2) is 34.5 Å². The molecule has 0 unspecified atom stereocenters. The van der Waals surface area contributed by atoms with Crippen LogP contribution in [0.15, 0.2) is 48.5 Å². The minimum Gasteiger partial charge on any atom is -0.486 e. The van der Waals surface area contributed by atoms with Crippen LogP contribution in [0.2, 0.25) is 0 Å². The first-order valence-corrected chi connectivity index (χ1v) is 7.03. The number of rotatable bonds is 7. The van der Waals surface area contributed by atoms with Gasteiger partial charge < -0.3 is 14.9 Å². The van der Waals surface area contributed by atoms with Gasteiger partial charge in [0.05, 0.1) is 18.1 Å². The Bertz CT molecular complexity index is 660. The molecule has 120 valence electrons. The number of hydrogen-bond donors (Lipinski definition) is 2.